The first kappa shape index (κ1) is 42.0. The Hall–Kier alpha value is -5.71. The van der Waals surface area contributed by atoms with Gasteiger partial charge < -0.3 is 19.1 Å². The molecular formula is C54H50FN4OPt-3. The van der Waals surface area contributed by atoms with Gasteiger partial charge in [0.25, 0.3) is 0 Å². The standard InChI is InChI=1S/C54H50FN4O.Pt/c1-52(2,3)37-24-25-56-51(31-37)59-47-23-20-36(35-14-12-15-40(55)26-35)27-46(47)45-22-21-44(33-50(45)59)60-43-17-13-16-41(32-43)57-34-58(49-19-11-10-18-48(49)57)42-29-38(53(4,5)6)28-39(30-42)54(7,8)9;/h10-31,34H,1-9H3;/q-3;. The molecule has 0 radical (unpaired) electrons. The first-order chi connectivity index (χ1) is 28.5. The van der Waals surface area contributed by atoms with Gasteiger partial charge in [-0.15, -0.1) is 48.1 Å². The Labute approximate surface area is 374 Å². The van der Waals surface area contributed by atoms with E-state index >= 15 is 0 Å². The molecule has 0 bridgehead atoms. The van der Waals surface area contributed by atoms with E-state index in [0.717, 1.165) is 61.5 Å². The first-order valence-corrected chi connectivity index (χ1v) is 20.6. The van der Waals surface area contributed by atoms with Crippen LogP contribution in [0.2, 0.25) is 0 Å². The van der Waals surface area contributed by atoms with Gasteiger partial charge in [0.1, 0.15) is 11.6 Å². The van der Waals surface area contributed by atoms with Crippen LogP contribution >= 0.6 is 0 Å². The van der Waals surface area contributed by atoms with Crippen molar-refractivity contribution in [3.8, 4) is 28.4 Å². The van der Waals surface area contributed by atoms with Gasteiger partial charge >= 0.3 is 0 Å². The molecule has 1 aliphatic heterocycles. The number of aromatic nitrogens is 2. The SMILES string of the molecule is CC(C)(C)c1cc(N2[CH-]N(c3[c-]c(Oc4[c-]c5c(cc4)c4cc(-c6cccc(F)c6)ccc4n5-c4cc(C(C)(C)C)ccn4)ccc3)c3ccccc32)cc(C(C)(C)C)c1.[Pt]. The second-order valence-corrected chi connectivity index (χ2v) is 18.9. The number of anilines is 4. The number of pyridine rings is 1. The second kappa shape index (κ2) is 15.6. The Morgan fingerprint density at radius 2 is 1.23 bits per heavy atom. The quantitative estimate of drug-likeness (QED) is 0.156. The summed E-state index contributed by atoms with van der Waals surface area (Å²) >= 11 is 0. The molecule has 0 N–H and O–H groups in total. The van der Waals surface area contributed by atoms with E-state index in [1.165, 1.54) is 22.8 Å². The van der Waals surface area contributed by atoms with Gasteiger partial charge in [0, 0.05) is 61.3 Å². The molecule has 0 aliphatic carbocycles. The predicted octanol–water partition coefficient (Wildman–Crippen LogP) is 14.7. The molecule has 2 aromatic heterocycles. The molecule has 3 heterocycles. The van der Waals surface area contributed by atoms with Gasteiger partial charge in [0.15, 0.2) is 0 Å². The molecule has 0 saturated heterocycles. The van der Waals surface area contributed by atoms with Gasteiger partial charge in [-0.3, -0.25) is 0 Å². The van der Waals surface area contributed by atoms with E-state index in [9.17, 15) is 4.39 Å². The molecule has 5 nitrogen and oxygen atoms in total. The van der Waals surface area contributed by atoms with Crippen molar-refractivity contribution in [1.82, 2.24) is 9.55 Å². The zero-order chi connectivity index (χ0) is 42.1. The predicted molar refractivity (Wildman–Crippen MR) is 246 cm³/mol. The van der Waals surface area contributed by atoms with Crippen molar-refractivity contribution in [3.05, 3.63) is 175 Å². The third-order valence-electron chi connectivity index (χ3n) is 11.4. The molecule has 1 aliphatic rings. The van der Waals surface area contributed by atoms with E-state index < -0.39 is 0 Å². The largest absolute Gasteiger partial charge is 0.509 e. The van der Waals surface area contributed by atoms with Gasteiger partial charge in [-0.05, 0) is 104 Å². The molecule has 0 saturated carbocycles. The number of nitrogens with zero attached hydrogens (tertiary/aromatic N) is 4. The van der Waals surface area contributed by atoms with Crippen LogP contribution in [0.4, 0.5) is 27.1 Å². The van der Waals surface area contributed by atoms with E-state index in [1.54, 1.807) is 12.1 Å². The van der Waals surface area contributed by atoms with E-state index in [1.807, 2.05) is 36.5 Å². The first-order valence-electron chi connectivity index (χ1n) is 20.6. The van der Waals surface area contributed by atoms with Crippen LogP contribution in [0, 0.1) is 24.6 Å². The van der Waals surface area contributed by atoms with Gasteiger partial charge in [-0.25, -0.2) is 9.37 Å². The topological polar surface area (TPSA) is 33.5 Å². The summed E-state index contributed by atoms with van der Waals surface area (Å²) in [6.07, 6.45) is 1.87. The van der Waals surface area contributed by atoms with E-state index in [-0.39, 0.29) is 43.1 Å². The fourth-order valence-corrected chi connectivity index (χ4v) is 7.96. The number of halogens is 1. The van der Waals surface area contributed by atoms with Crippen LogP contribution in [0.15, 0.2) is 134 Å². The summed E-state index contributed by atoms with van der Waals surface area (Å²) in [6, 6.07) is 49.9. The fourth-order valence-electron chi connectivity index (χ4n) is 7.96. The van der Waals surface area contributed by atoms with E-state index in [4.69, 9.17) is 9.72 Å². The minimum Gasteiger partial charge on any atom is -0.509 e. The van der Waals surface area contributed by atoms with Crippen LogP contribution in [0.1, 0.15) is 79.0 Å². The molecular weight excluding hydrogens is 935 g/mol. The van der Waals surface area contributed by atoms with E-state index in [2.05, 4.69) is 174 Å². The summed E-state index contributed by atoms with van der Waals surface area (Å²) in [5.41, 5.74) is 11.4. The molecule has 8 aromatic rings. The number of ether oxygens (including phenoxy) is 1. The zero-order valence-electron chi connectivity index (χ0n) is 36.2. The molecule has 0 atom stereocenters. The maximum Gasteiger partial charge on any atom is 0.135 e. The Bertz CT molecular complexity index is 2900. The molecule has 0 unspecified atom stereocenters. The third kappa shape index (κ3) is 8.11. The Morgan fingerprint density at radius 3 is 1.92 bits per heavy atom. The van der Waals surface area contributed by atoms with Crippen molar-refractivity contribution in [2.24, 2.45) is 0 Å². The van der Waals surface area contributed by atoms with Crippen LogP contribution in [-0.4, -0.2) is 9.55 Å². The molecule has 61 heavy (non-hydrogen) atoms. The summed E-state index contributed by atoms with van der Waals surface area (Å²) in [7, 11) is 0. The van der Waals surface area contributed by atoms with Crippen LogP contribution in [-0.2, 0) is 37.3 Å². The number of rotatable bonds is 6. The summed E-state index contributed by atoms with van der Waals surface area (Å²) in [5, 5.41) is 2.01. The molecule has 6 aromatic carbocycles. The Balaban J connectivity index is 0.00000514. The molecule has 9 rings (SSSR count). The van der Waals surface area contributed by atoms with Crippen LogP contribution in [0.3, 0.4) is 0 Å². The second-order valence-electron chi connectivity index (χ2n) is 18.9. The van der Waals surface area contributed by atoms with Crippen LogP contribution in [0.25, 0.3) is 38.8 Å². The van der Waals surface area contributed by atoms with Gasteiger partial charge in [0.2, 0.25) is 0 Å². The average Bonchev–Trinajstić information content (AvgIpc) is 3.76. The molecule has 0 fully saturated rings. The molecule has 0 spiro atoms. The van der Waals surface area contributed by atoms with Gasteiger partial charge in [-0.2, -0.15) is 12.1 Å². The summed E-state index contributed by atoms with van der Waals surface area (Å²) < 4.78 is 23.1. The molecule has 7 heteroatoms. The van der Waals surface area contributed by atoms with Crippen LogP contribution in [0.5, 0.6) is 11.5 Å². The van der Waals surface area contributed by atoms with Crippen molar-refractivity contribution in [2.75, 3.05) is 9.80 Å². The molecule has 0 amide bonds. The van der Waals surface area contributed by atoms with E-state index in [0.29, 0.717) is 11.5 Å². The number of hydrogen-bond acceptors (Lipinski definition) is 4. The Kier molecular flexibility index (Phi) is 10.8. The number of benzene rings is 6. The maximum atomic E-state index is 14.3. The summed E-state index contributed by atoms with van der Waals surface area (Å²) in [5.74, 6) is 1.65. The van der Waals surface area contributed by atoms with Crippen molar-refractivity contribution in [2.45, 2.75) is 78.6 Å². The zero-order valence-corrected chi connectivity index (χ0v) is 38.4. The normalized spacial score (nSPS) is 13.1. The van der Waals surface area contributed by atoms with Crippen molar-refractivity contribution in [3.63, 3.8) is 0 Å². The third-order valence-corrected chi connectivity index (χ3v) is 11.4. The monoisotopic (exact) mass is 984 g/mol. The van der Waals surface area contributed by atoms with Crippen LogP contribution < -0.4 is 14.5 Å². The van der Waals surface area contributed by atoms with Crippen molar-refractivity contribution < 1.29 is 30.2 Å². The van der Waals surface area contributed by atoms with Gasteiger partial charge in [-0.1, -0.05) is 110 Å². The van der Waals surface area contributed by atoms with Crippen molar-refractivity contribution in [1.29, 1.82) is 0 Å². The summed E-state index contributed by atoms with van der Waals surface area (Å²) in [4.78, 5) is 9.33. The number of fused-ring (bicyclic) bond motifs is 4. The summed E-state index contributed by atoms with van der Waals surface area (Å²) in [6.45, 7) is 22.4. The average molecular weight is 985 g/mol. The van der Waals surface area contributed by atoms with Crippen molar-refractivity contribution >= 4 is 44.6 Å². The smallest absolute Gasteiger partial charge is 0.135 e. The minimum absolute atomic E-state index is 0. The number of hydrogen-bond donors (Lipinski definition) is 0. The number of para-hydroxylation sites is 2. The maximum absolute atomic E-state index is 14.3. The van der Waals surface area contributed by atoms with Gasteiger partial charge in [0.05, 0.1) is 0 Å². The molecule has 312 valence electrons. The fraction of sp³-hybridized carbons (Fsp3) is 0.222. The minimum atomic E-state index is -0.265. The Morgan fingerprint density at radius 1 is 0.574 bits per heavy atom.